The van der Waals surface area contributed by atoms with Crippen molar-refractivity contribution in [2.45, 2.75) is 20.3 Å². The fourth-order valence-electron chi connectivity index (χ4n) is 2.18. The lowest BCUT2D eigenvalue weighted by molar-refractivity contribution is -0.163. The Kier molecular flexibility index (Phi) is 3.49. The van der Waals surface area contributed by atoms with Crippen molar-refractivity contribution in [3.63, 3.8) is 0 Å². The number of aryl methyl sites for hydroxylation is 1. The average Bonchev–Trinajstić information content (AvgIpc) is 2.37. The van der Waals surface area contributed by atoms with Crippen LogP contribution in [0.15, 0.2) is 36.4 Å². The van der Waals surface area contributed by atoms with E-state index in [0.717, 1.165) is 16.3 Å². The smallest absolute Gasteiger partial charge is 0.321 e. The van der Waals surface area contributed by atoms with Gasteiger partial charge in [-0.1, -0.05) is 42.0 Å². The van der Waals surface area contributed by atoms with Crippen LogP contribution in [0.4, 0.5) is 0 Å². The van der Waals surface area contributed by atoms with Gasteiger partial charge in [-0.15, -0.1) is 0 Å². The standard InChI is InChI=1S/C16H16O4/c1-10-3-5-12-6-4-11(8-13(12)7-10)9-16(2,14(17)18)15(19)20/h3-8H,9H2,1-2H3,(H,17,18)(H,19,20). The number of hydrogen-bond donors (Lipinski definition) is 2. The van der Waals surface area contributed by atoms with Crippen LogP contribution in [-0.2, 0) is 16.0 Å². The van der Waals surface area contributed by atoms with E-state index in [0.29, 0.717) is 5.56 Å². The van der Waals surface area contributed by atoms with Crippen molar-refractivity contribution in [1.29, 1.82) is 0 Å². The van der Waals surface area contributed by atoms with Crippen molar-refractivity contribution in [2.75, 3.05) is 0 Å². The van der Waals surface area contributed by atoms with E-state index in [9.17, 15) is 9.59 Å². The lowest BCUT2D eigenvalue weighted by Crippen LogP contribution is -2.38. The molecule has 4 nitrogen and oxygen atoms in total. The molecular formula is C16H16O4. The van der Waals surface area contributed by atoms with Crippen LogP contribution in [0.5, 0.6) is 0 Å². The second-order valence-electron chi connectivity index (χ2n) is 5.30. The van der Waals surface area contributed by atoms with Gasteiger partial charge in [-0.05, 0) is 36.6 Å². The number of carbonyl (C=O) groups is 2. The zero-order valence-electron chi connectivity index (χ0n) is 11.4. The minimum atomic E-state index is -1.81. The highest BCUT2D eigenvalue weighted by Gasteiger charge is 2.41. The second-order valence-corrected chi connectivity index (χ2v) is 5.30. The molecule has 0 fully saturated rings. The molecule has 0 radical (unpaired) electrons. The number of aliphatic carboxylic acids is 2. The lowest BCUT2D eigenvalue weighted by Gasteiger charge is -2.19. The van der Waals surface area contributed by atoms with E-state index < -0.39 is 17.4 Å². The Morgan fingerprint density at radius 3 is 2.20 bits per heavy atom. The summed E-state index contributed by atoms with van der Waals surface area (Å²) in [6.45, 7) is 3.21. The molecule has 0 aliphatic carbocycles. The Hall–Kier alpha value is -2.36. The summed E-state index contributed by atoms with van der Waals surface area (Å²) in [5.74, 6) is -2.65. The van der Waals surface area contributed by atoms with E-state index in [1.165, 1.54) is 6.92 Å². The molecule has 0 amide bonds. The van der Waals surface area contributed by atoms with E-state index in [-0.39, 0.29) is 6.42 Å². The van der Waals surface area contributed by atoms with Crippen molar-refractivity contribution in [2.24, 2.45) is 5.41 Å². The first-order chi connectivity index (χ1) is 9.33. The topological polar surface area (TPSA) is 74.6 Å². The highest BCUT2D eigenvalue weighted by Crippen LogP contribution is 2.26. The first-order valence-corrected chi connectivity index (χ1v) is 6.29. The summed E-state index contributed by atoms with van der Waals surface area (Å²) in [6.07, 6.45) is -0.0401. The quantitative estimate of drug-likeness (QED) is 0.839. The van der Waals surface area contributed by atoms with Gasteiger partial charge in [0.05, 0.1) is 0 Å². The summed E-state index contributed by atoms with van der Waals surface area (Å²) in [7, 11) is 0. The fourth-order valence-corrected chi connectivity index (χ4v) is 2.18. The van der Waals surface area contributed by atoms with Crippen molar-refractivity contribution in [3.8, 4) is 0 Å². The molecule has 2 rings (SSSR count). The van der Waals surface area contributed by atoms with Crippen LogP contribution in [-0.4, -0.2) is 22.2 Å². The molecule has 2 N–H and O–H groups in total. The summed E-state index contributed by atoms with van der Waals surface area (Å²) >= 11 is 0. The maximum absolute atomic E-state index is 11.2. The normalized spacial score (nSPS) is 11.5. The molecule has 0 aliphatic heterocycles. The summed E-state index contributed by atoms with van der Waals surface area (Å²) in [4.78, 5) is 22.4. The number of carboxylic acids is 2. The first-order valence-electron chi connectivity index (χ1n) is 6.29. The van der Waals surface area contributed by atoms with Crippen molar-refractivity contribution >= 4 is 22.7 Å². The number of rotatable bonds is 4. The molecule has 2 aromatic rings. The number of carboxylic acid groups (broad SMARTS) is 2. The van der Waals surface area contributed by atoms with Gasteiger partial charge in [-0.25, -0.2) is 0 Å². The van der Waals surface area contributed by atoms with Crippen LogP contribution >= 0.6 is 0 Å². The van der Waals surface area contributed by atoms with Crippen LogP contribution in [0, 0.1) is 12.3 Å². The van der Waals surface area contributed by atoms with Gasteiger partial charge >= 0.3 is 11.9 Å². The summed E-state index contributed by atoms with van der Waals surface area (Å²) < 4.78 is 0. The third kappa shape index (κ3) is 2.50. The van der Waals surface area contributed by atoms with Gasteiger partial charge in [0, 0.05) is 0 Å². The van der Waals surface area contributed by atoms with E-state index in [4.69, 9.17) is 10.2 Å². The van der Waals surface area contributed by atoms with Crippen molar-refractivity contribution in [1.82, 2.24) is 0 Å². The van der Waals surface area contributed by atoms with Gasteiger partial charge in [-0.2, -0.15) is 0 Å². The fraction of sp³-hybridized carbons (Fsp3) is 0.250. The molecule has 0 bridgehead atoms. The van der Waals surface area contributed by atoms with E-state index >= 15 is 0 Å². The van der Waals surface area contributed by atoms with Crippen LogP contribution < -0.4 is 0 Å². The van der Waals surface area contributed by atoms with Gasteiger partial charge in [0.25, 0.3) is 0 Å². The molecule has 4 heteroatoms. The maximum atomic E-state index is 11.2. The first kappa shape index (κ1) is 14.1. The zero-order valence-corrected chi connectivity index (χ0v) is 11.4. The lowest BCUT2D eigenvalue weighted by atomic mass is 9.83. The minimum absolute atomic E-state index is 0.0401. The third-order valence-corrected chi connectivity index (χ3v) is 3.56. The molecule has 0 unspecified atom stereocenters. The molecule has 0 heterocycles. The van der Waals surface area contributed by atoms with Crippen molar-refractivity contribution in [3.05, 3.63) is 47.5 Å². The Morgan fingerprint density at radius 1 is 1.00 bits per heavy atom. The van der Waals surface area contributed by atoms with Crippen LogP contribution in [0.3, 0.4) is 0 Å². The highest BCUT2D eigenvalue weighted by molar-refractivity contribution is 5.98. The molecule has 104 valence electrons. The molecule has 20 heavy (non-hydrogen) atoms. The van der Waals surface area contributed by atoms with Crippen LogP contribution in [0.25, 0.3) is 10.8 Å². The zero-order chi connectivity index (χ0) is 14.9. The predicted octanol–water partition coefficient (Wildman–Crippen LogP) is 2.87. The second kappa shape index (κ2) is 4.96. The molecule has 2 aromatic carbocycles. The molecule has 0 spiro atoms. The molecular weight excluding hydrogens is 256 g/mol. The Bertz CT molecular complexity index is 674. The SMILES string of the molecule is Cc1ccc2ccc(CC(C)(C(=O)O)C(=O)O)cc2c1. The largest absolute Gasteiger partial charge is 0.480 e. The Labute approximate surface area is 116 Å². The monoisotopic (exact) mass is 272 g/mol. The van der Waals surface area contributed by atoms with E-state index in [1.807, 2.05) is 37.3 Å². The van der Waals surface area contributed by atoms with Crippen LogP contribution in [0.1, 0.15) is 18.1 Å². The number of fused-ring (bicyclic) bond motifs is 1. The summed E-state index contributed by atoms with van der Waals surface area (Å²) in [6, 6.07) is 11.5. The molecule has 0 aliphatic rings. The van der Waals surface area contributed by atoms with E-state index in [1.54, 1.807) is 6.07 Å². The van der Waals surface area contributed by atoms with E-state index in [2.05, 4.69) is 0 Å². The Balaban J connectivity index is 2.43. The number of benzene rings is 2. The molecule has 0 aromatic heterocycles. The van der Waals surface area contributed by atoms with Gasteiger partial charge in [-0.3, -0.25) is 9.59 Å². The molecule has 0 saturated carbocycles. The van der Waals surface area contributed by atoms with Gasteiger partial charge in [0.1, 0.15) is 0 Å². The average molecular weight is 272 g/mol. The van der Waals surface area contributed by atoms with Gasteiger partial charge < -0.3 is 10.2 Å². The summed E-state index contributed by atoms with van der Waals surface area (Å²) in [5, 5.41) is 20.3. The van der Waals surface area contributed by atoms with Crippen LogP contribution in [0.2, 0.25) is 0 Å². The third-order valence-electron chi connectivity index (χ3n) is 3.56. The Morgan fingerprint density at radius 2 is 1.60 bits per heavy atom. The number of hydrogen-bond acceptors (Lipinski definition) is 2. The van der Waals surface area contributed by atoms with Gasteiger partial charge in [0.15, 0.2) is 5.41 Å². The maximum Gasteiger partial charge on any atom is 0.321 e. The van der Waals surface area contributed by atoms with Crippen molar-refractivity contribution < 1.29 is 19.8 Å². The molecule has 0 atom stereocenters. The predicted molar refractivity (Wildman–Crippen MR) is 75.8 cm³/mol. The molecule has 0 saturated heterocycles. The minimum Gasteiger partial charge on any atom is -0.480 e. The highest BCUT2D eigenvalue weighted by atomic mass is 16.4. The van der Waals surface area contributed by atoms with Gasteiger partial charge in [0.2, 0.25) is 0 Å². The summed E-state index contributed by atoms with van der Waals surface area (Å²) in [5.41, 5.74) is 0.00149.